The average Bonchev–Trinajstić information content (AvgIpc) is 2.32. The van der Waals surface area contributed by atoms with E-state index in [1.807, 2.05) is 0 Å². The van der Waals surface area contributed by atoms with E-state index in [9.17, 15) is 9.90 Å². The summed E-state index contributed by atoms with van der Waals surface area (Å²) in [4.78, 5) is 11.2. The summed E-state index contributed by atoms with van der Waals surface area (Å²) in [6.07, 6.45) is 3.35. The van der Waals surface area contributed by atoms with Gasteiger partial charge in [0.05, 0.1) is 6.61 Å². The zero-order valence-electron chi connectivity index (χ0n) is 11.8. The van der Waals surface area contributed by atoms with Crippen molar-refractivity contribution in [3.05, 3.63) is 0 Å². The van der Waals surface area contributed by atoms with E-state index in [0.717, 1.165) is 6.42 Å². The van der Waals surface area contributed by atoms with Gasteiger partial charge in [0.1, 0.15) is 5.78 Å². The van der Waals surface area contributed by atoms with E-state index in [2.05, 4.69) is 13.8 Å². The van der Waals surface area contributed by atoms with Crippen molar-refractivity contribution in [3.8, 4) is 0 Å². The molecule has 18 heavy (non-hydrogen) atoms. The molecule has 0 aromatic rings. The molecule has 3 nitrogen and oxygen atoms in total. The van der Waals surface area contributed by atoms with Crippen LogP contribution in [0, 0.1) is 29.6 Å². The Morgan fingerprint density at radius 2 is 2.00 bits per heavy atom. The van der Waals surface area contributed by atoms with Gasteiger partial charge >= 0.3 is 0 Å². The van der Waals surface area contributed by atoms with E-state index in [4.69, 9.17) is 4.74 Å². The summed E-state index contributed by atoms with van der Waals surface area (Å²) in [7, 11) is 0. The maximum Gasteiger partial charge on any atom is 0.157 e. The molecular weight excluding hydrogens is 228 g/mol. The molecule has 1 unspecified atom stereocenters. The number of hydrogen-bond acceptors (Lipinski definition) is 3. The van der Waals surface area contributed by atoms with Gasteiger partial charge in [0.2, 0.25) is 0 Å². The third-order valence-corrected chi connectivity index (χ3v) is 5.09. The number of rotatable bonds is 3. The molecule has 6 atom stereocenters. The highest BCUT2D eigenvalue weighted by atomic mass is 16.6. The maximum absolute atomic E-state index is 11.2. The fourth-order valence-electron chi connectivity index (χ4n) is 3.98. The van der Waals surface area contributed by atoms with Gasteiger partial charge in [-0.15, -0.1) is 0 Å². The summed E-state index contributed by atoms with van der Waals surface area (Å²) < 4.78 is 5.52. The van der Waals surface area contributed by atoms with Gasteiger partial charge in [-0.1, -0.05) is 20.3 Å². The van der Waals surface area contributed by atoms with Gasteiger partial charge < -0.3 is 14.6 Å². The van der Waals surface area contributed by atoms with Crippen LogP contribution in [0.5, 0.6) is 0 Å². The van der Waals surface area contributed by atoms with Crippen molar-refractivity contribution in [2.75, 3.05) is 6.61 Å². The second-order valence-electron chi connectivity index (χ2n) is 6.40. The molecule has 1 heterocycles. The van der Waals surface area contributed by atoms with Crippen LogP contribution >= 0.6 is 0 Å². The van der Waals surface area contributed by atoms with Gasteiger partial charge in [-0.2, -0.15) is 0 Å². The van der Waals surface area contributed by atoms with Crippen LogP contribution in [0.2, 0.25) is 0 Å². The lowest BCUT2D eigenvalue weighted by atomic mass is 9.61. The highest BCUT2D eigenvalue weighted by molar-refractivity contribution is 5.75. The van der Waals surface area contributed by atoms with E-state index < -0.39 is 6.29 Å². The Kier molecular flexibility index (Phi) is 4.44. The quantitative estimate of drug-likeness (QED) is 0.842. The van der Waals surface area contributed by atoms with Crippen molar-refractivity contribution in [3.63, 3.8) is 0 Å². The normalized spacial score (nSPS) is 44.4. The number of Topliss-reactive ketones (excluding diaryl/α,β-unsaturated/α-hetero) is 1. The van der Waals surface area contributed by atoms with Crippen molar-refractivity contribution in [2.24, 2.45) is 29.6 Å². The lowest BCUT2D eigenvalue weighted by Gasteiger charge is -2.49. The zero-order chi connectivity index (χ0) is 13.3. The minimum Gasteiger partial charge on any atom is -0.368 e. The second kappa shape index (κ2) is 5.70. The first-order valence-corrected chi connectivity index (χ1v) is 7.29. The monoisotopic (exact) mass is 254 g/mol. The molecule has 0 aromatic heterocycles. The van der Waals surface area contributed by atoms with Crippen LogP contribution in [0.4, 0.5) is 0 Å². The fraction of sp³-hybridized carbons (Fsp3) is 0.933. The topological polar surface area (TPSA) is 46.5 Å². The molecule has 3 heteroatoms. The predicted molar refractivity (Wildman–Crippen MR) is 69.9 cm³/mol. The van der Waals surface area contributed by atoms with Gasteiger partial charge in [-0.3, -0.25) is 0 Å². The molecular formula is C15H26O3. The number of ether oxygens (including phenoxy) is 1. The van der Waals surface area contributed by atoms with Crippen molar-refractivity contribution >= 4 is 5.78 Å². The Bertz CT molecular complexity index is 302. The molecule has 1 aliphatic carbocycles. The molecule has 2 fully saturated rings. The third kappa shape index (κ3) is 2.77. The molecule has 2 rings (SSSR count). The lowest BCUT2D eigenvalue weighted by molar-refractivity contribution is -0.223. The molecule has 1 saturated heterocycles. The Morgan fingerprint density at radius 3 is 2.67 bits per heavy atom. The largest absolute Gasteiger partial charge is 0.368 e. The van der Waals surface area contributed by atoms with E-state index in [1.165, 1.54) is 12.8 Å². The van der Waals surface area contributed by atoms with Gasteiger partial charge in [-0.25, -0.2) is 0 Å². The molecule has 2 aliphatic rings. The van der Waals surface area contributed by atoms with E-state index in [1.54, 1.807) is 6.92 Å². The fourth-order valence-corrected chi connectivity index (χ4v) is 3.98. The Balaban J connectivity index is 2.10. The standard InChI is InChI=1S/C15H26O3/c1-9-4-6-13-10(2)8-18-15(17)14(13)12(9)7-5-11(3)16/h9-10,12-15,17H,4-8H2,1-3H3/t9-,10+,12+,13+,14?,15+/m1/s1. The highest BCUT2D eigenvalue weighted by Gasteiger charge is 2.46. The average molecular weight is 254 g/mol. The molecule has 0 aromatic carbocycles. The molecule has 0 spiro atoms. The summed E-state index contributed by atoms with van der Waals surface area (Å²) in [6.45, 7) is 6.81. The lowest BCUT2D eigenvalue weighted by Crippen LogP contribution is -2.49. The van der Waals surface area contributed by atoms with Crippen molar-refractivity contribution in [2.45, 2.75) is 52.7 Å². The number of ketones is 1. The van der Waals surface area contributed by atoms with Gasteiger partial charge in [0.15, 0.2) is 6.29 Å². The molecule has 104 valence electrons. The highest BCUT2D eigenvalue weighted by Crippen LogP contribution is 2.48. The minimum absolute atomic E-state index is 0.233. The van der Waals surface area contributed by atoms with Crippen LogP contribution in [0.1, 0.15) is 46.5 Å². The molecule has 0 bridgehead atoms. The molecule has 1 N–H and O–H groups in total. The SMILES string of the molecule is CC(=O)CC[C@@H]1C2[C@@H](CC[C@H]1C)[C@@H](C)CO[C@@H]2O. The van der Waals surface area contributed by atoms with Crippen LogP contribution in [-0.4, -0.2) is 23.8 Å². The smallest absolute Gasteiger partial charge is 0.157 e. The third-order valence-electron chi connectivity index (χ3n) is 5.09. The van der Waals surface area contributed by atoms with Gasteiger partial charge in [-0.05, 0) is 43.4 Å². The summed E-state index contributed by atoms with van der Waals surface area (Å²) in [5.41, 5.74) is 0. The minimum atomic E-state index is -0.620. The molecule has 1 saturated carbocycles. The van der Waals surface area contributed by atoms with E-state index in [-0.39, 0.29) is 11.7 Å². The first kappa shape index (κ1) is 14.0. The Morgan fingerprint density at radius 1 is 1.28 bits per heavy atom. The second-order valence-corrected chi connectivity index (χ2v) is 6.40. The Labute approximate surface area is 110 Å². The molecule has 0 radical (unpaired) electrons. The van der Waals surface area contributed by atoms with Crippen molar-refractivity contribution in [1.29, 1.82) is 0 Å². The predicted octanol–water partition coefficient (Wildman–Crippen LogP) is 2.62. The van der Waals surface area contributed by atoms with Crippen molar-refractivity contribution in [1.82, 2.24) is 0 Å². The maximum atomic E-state index is 11.2. The van der Waals surface area contributed by atoms with Crippen LogP contribution in [0.25, 0.3) is 0 Å². The van der Waals surface area contributed by atoms with E-state index in [0.29, 0.717) is 36.7 Å². The van der Waals surface area contributed by atoms with Gasteiger partial charge in [0.25, 0.3) is 0 Å². The number of hydrogen-bond donors (Lipinski definition) is 1. The van der Waals surface area contributed by atoms with Crippen LogP contribution in [0.15, 0.2) is 0 Å². The Hall–Kier alpha value is -0.410. The summed E-state index contributed by atoms with van der Waals surface area (Å²) in [5, 5.41) is 10.2. The van der Waals surface area contributed by atoms with Gasteiger partial charge in [0, 0.05) is 12.3 Å². The van der Waals surface area contributed by atoms with Crippen LogP contribution in [-0.2, 0) is 9.53 Å². The molecule has 1 aliphatic heterocycles. The number of carbonyl (C=O) groups is 1. The number of fused-ring (bicyclic) bond motifs is 1. The molecule has 0 amide bonds. The summed E-state index contributed by atoms with van der Waals surface area (Å²) in [6, 6.07) is 0. The summed E-state index contributed by atoms with van der Waals surface area (Å²) in [5.74, 6) is 2.62. The number of aliphatic hydroxyl groups is 1. The summed E-state index contributed by atoms with van der Waals surface area (Å²) >= 11 is 0. The zero-order valence-corrected chi connectivity index (χ0v) is 11.8. The van der Waals surface area contributed by atoms with Crippen molar-refractivity contribution < 1.29 is 14.6 Å². The van der Waals surface area contributed by atoms with Crippen LogP contribution in [0.3, 0.4) is 0 Å². The first-order valence-electron chi connectivity index (χ1n) is 7.29. The first-order chi connectivity index (χ1) is 8.50. The van der Waals surface area contributed by atoms with Crippen LogP contribution < -0.4 is 0 Å². The van der Waals surface area contributed by atoms with E-state index >= 15 is 0 Å². The number of aliphatic hydroxyl groups excluding tert-OH is 1. The number of carbonyl (C=O) groups excluding carboxylic acids is 1.